The SMILES string of the molecule is O=C(COC[C@]12COC[C@H]1CN(Cc1ccoc1)C2)N1CCCC1. The first-order valence-electron chi connectivity index (χ1n) is 8.92. The molecule has 4 rings (SSSR count). The van der Waals surface area contributed by atoms with E-state index in [1.54, 1.807) is 6.26 Å². The highest BCUT2D eigenvalue weighted by atomic mass is 16.5. The van der Waals surface area contributed by atoms with E-state index in [1.807, 2.05) is 17.2 Å². The minimum Gasteiger partial charge on any atom is -0.472 e. The second-order valence-electron chi connectivity index (χ2n) is 7.46. The van der Waals surface area contributed by atoms with E-state index < -0.39 is 0 Å². The molecule has 6 nitrogen and oxygen atoms in total. The van der Waals surface area contributed by atoms with Crippen molar-refractivity contribution < 1.29 is 18.7 Å². The molecule has 0 aromatic carbocycles. The Labute approximate surface area is 142 Å². The molecule has 0 N–H and O–H groups in total. The molecule has 1 aromatic rings. The highest BCUT2D eigenvalue weighted by Gasteiger charge is 2.50. The molecular formula is C18H26N2O4. The predicted molar refractivity (Wildman–Crippen MR) is 87.4 cm³/mol. The molecular weight excluding hydrogens is 308 g/mol. The van der Waals surface area contributed by atoms with Crippen molar-refractivity contribution in [3.63, 3.8) is 0 Å². The topological polar surface area (TPSA) is 55.2 Å². The number of nitrogens with zero attached hydrogens (tertiary/aromatic N) is 2. The first kappa shape index (κ1) is 16.1. The molecule has 0 aliphatic carbocycles. The van der Waals surface area contributed by atoms with Crippen molar-refractivity contribution in [3.8, 4) is 0 Å². The van der Waals surface area contributed by atoms with Crippen LogP contribution in [0.15, 0.2) is 23.0 Å². The van der Waals surface area contributed by atoms with Crippen molar-refractivity contribution in [3.05, 3.63) is 24.2 Å². The number of hydrogen-bond acceptors (Lipinski definition) is 5. The minimum absolute atomic E-state index is 0.0367. The number of carbonyl (C=O) groups is 1. The third kappa shape index (κ3) is 3.23. The summed E-state index contributed by atoms with van der Waals surface area (Å²) in [6, 6.07) is 2.02. The van der Waals surface area contributed by atoms with Gasteiger partial charge in [-0.15, -0.1) is 0 Å². The van der Waals surface area contributed by atoms with Crippen molar-refractivity contribution in [2.75, 3.05) is 52.6 Å². The molecule has 6 heteroatoms. The number of fused-ring (bicyclic) bond motifs is 1. The van der Waals surface area contributed by atoms with Gasteiger partial charge in [0.2, 0.25) is 5.91 Å². The van der Waals surface area contributed by atoms with Crippen LogP contribution in [0.5, 0.6) is 0 Å². The summed E-state index contributed by atoms with van der Waals surface area (Å²) in [5.41, 5.74) is 1.24. The normalized spacial score (nSPS) is 30.2. The van der Waals surface area contributed by atoms with E-state index >= 15 is 0 Å². The zero-order valence-electron chi connectivity index (χ0n) is 14.1. The molecule has 24 heavy (non-hydrogen) atoms. The summed E-state index contributed by atoms with van der Waals surface area (Å²) in [6.07, 6.45) is 5.77. The predicted octanol–water partition coefficient (Wildman–Crippen LogP) is 1.37. The fourth-order valence-electron chi connectivity index (χ4n) is 4.31. The highest BCUT2D eigenvalue weighted by Crippen LogP contribution is 2.42. The Morgan fingerprint density at radius 2 is 2.25 bits per heavy atom. The molecule has 4 heterocycles. The Hall–Kier alpha value is -1.37. The van der Waals surface area contributed by atoms with Crippen LogP contribution >= 0.6 is 0 Å². The van der Waals surface area contributed by atoms with E-state index in [1.165, 1.54) is 5.56 Å². The van der Waals surface area contributed by atoms with Crippen LogP contribution in [0.3, 0.4) is 0 Å². The van der Waals surface area contributed by atoms with Crippen molar-refractivity contribution in [2.45, 2.75) is 19.4 Å². The van der Waals surface area contributed by atoms with E-state index in [0.717, 1.165) is 58.8 Å². The standard InChI is InChI=1S/C18H26N2O4/c21-17(20-4-1-2-5-20)11-24-14-18-12-19(7-15-3-6-22-9-15)8-16(18)10-23-13-18/h3,6,9,16H,1-2,4-5,7-8,10-14H2/t16-,18+/m1/s1. The lowest BCUT2D eigenvalue weighted by Gasteiger charge is -2.27. The molecule has 0 unspecified atom stereocenters. The smallest absolute Gasteiger partial charge is 0.248 e. The van der Waals surface area contributed by atoms with Crippen LogP contribution in [0.4, 0.5) is 0 Å². The quantitative estimate of drug-likeness (QED) is 0.786. The monoisotopic (exact) mass is 334 g/mol. The molecule has 3 aliphatic heterocycles. The third-order valence-electron chi connectivity index (χ3n) is 5.65. The van der Waals surface area contributed by atoms with Gasteiger partial charge < -0.3 is 18.8 Å². The zero-order valence-corrected chi connectivity index (χ0v) is 14.1. The molecule has 0 bridgehead atoms. The van der Waals surface area contributed by atoms with Crippen LogP contribution in [0.1, 0.15) is 18.4 Å². The van der Waals surface area contributed by atoms with Crippen molar-refractivity contribution in [2.24, 2.45) is 11.3 Å². The molecule has 2 atom stereocenters. The number of amides is 1. The van der Waals surface area contributed by atoms with Gasteiger partial charge in [-0.05, 0) is 18.9 Å². The molecule has 1 amide bonds. The summed E-state index contributed by atoms with van der Waals surface area (Å²) >= 11 is 0. The van der Waals surface area contributed by atoms with Crippen LogP contribution in [-0.4, -0.2) is 68.3 Å². The van der Waals surface area contributed by atoms with Crippen LogP contribution < -0.4 is 0 Å². The Morgan fingerprint density at radius 3 is 3.04 bits per heavy atom. The van der Waals surface area contributed by atoms with Gasteiger partial charge in [-0.3, -0.25) is 9.69 Å². The zero-order chi connectivity index (χ0) is 16.4. The van der Waals surface area contributed by atoms with Gasteiger partial charge in [0.15, 0.2) is 0 Å². The van der Waals surface area contributed by atoms with Gasteiger partial charge in [0.25, 0.3) is 0 Å². The number of rotatable bonds is 6. The summed E-state index contributed by atoms with van der Waals surface area (Å²) in [5.74, 6) is 0.624. The Morgan fingerprint density at radius 1 is 1.38 bits per heavy atom. The first-order valence-corrected chi connectivity index (χ1v) is 8.92. The van der Waals surface area contributed by atoms with Gasteiger partial charge in [0.1, 0.15) is 6.61 Å². The maximum atomic E-state index is 12.1. The number of hydrogen-bond donors (Lipinski definition) is 0. The summed E-state index contributed by atoms with van der Waals surface area (Å²) in [6.45, 7) is 7.00. The molecule has 0 spiro atoms. The summed E-state index contributed by atoms with van der Waals surface area (Å²) in [4.78, 5) is 16.5. The van der Waals surface area contributed by atoms with E-state index in [9.17, 15) is 4.79 Å². The van der Waals surface area contributed by atoms with E-state index in [2.05, 4.69) is 4.90 Å². The van der Waals surface area contributed by atoms with Crippen LogP contribution in [0.25, 0.3) is 0 Å². The van der Waals surface area contributed by atoms with Crippen LogP contribution in [-0.2, 0) is 20.8 Å². The summed E-state index contributed by atoms with van der Waals surface area (Å²) in [7, 11) is 0. The molecule has 3 fully saturated rings. The summed E-state index contributed by atoms with van der Waals surface area (Å²) < 4.78 is 16.8. The van der Waals surface area contributed by atoms with E-state index in [4.69, 9.17) is 13.9 Å². The molecule has 1 aromatic heterocycles. The summed E-state index contributed by atoms with van der Waals surface area (Å²) in [5, 5.41) is 0. The number of ether oxygens (including phenoxy) is 2. The molecule has 0 radical (unpaired) electrons. The number of carbonyl (C=O) groups excluding carboxylic acids is 1. The molecule has 0 saturated carbocycles. The van der Waals surface area contributed by atoms with Crippen LogP contribution in [0.2, 0.25) is 0 Å². The van der Waals surface area contributed by atoms with Gasteiger partial charge in [0.05, 0.1) is 32.3 Å². The lowest BCUT2D eigenvalue weighted by atomic mass is 9.82. The average Bonchev–Trinajstić information content (AvgIpc) is 3.32. The Kier molecular flexibility index (Phi) is 4.61. The highest BCUT2D eigenvalue weighted by molar-refractivity contribution is 5.77. The lowest BCUT2D eigenvalue weighted by molar-refractivity contribution is -0.136. The fraction of sp³-hybridized carbons (Fsp3) is 0.722. The largest absolute Gasteiger partial charge is 0.472 e. The fourth-order valence-corrected chi connectivity index (χ4v) is 4.31. The maximum absolute atomic E-state index is 12.1. The molecule has 132 valence electrons. The number of furan rings is 1. The Bertz CT molecular complexity index is 555. The second kappa shape index (κ2) is 6.86. The van der Waals surface area contributed by atoms with Crippen molar-refractivity contribution in [1.82, 2.24) is 9.80 Å². The Balaban J connectivity index is 1.30. The third-order valence-corrected chi connectivity index (χ3v) is 5.65. The van der Waals surface area contributed by atoms with Crippen molar-refractivity contribution in [1.29, 1.82) is 0 Å². The van der Waals surface area contributed by atoms with Gasteiger partial charge in [0, 0.05) is 49.6 Å². The maximum Gasteiger partial charge on any atom is 0.248 e. The van der Waals surface area contributed by atoms with Crippen LogP contribution in [0, 0.1) is 11.3 Å². The average molecular weight is 334 g/mol. The van der Waals surface area contributed by atoms with Gasteiger partial charge in [-0.2, -0.15) is 0 Å². The number of likely N-dealkylation sites (tertiary alicyclic amines) is 2. The van der Waals surface area contributed by atoms with Crippen molar-refractivity contribution >= 4 is 5.91 Å². The first-order chi connectivity index (χ1) is 11.8. The molecule has 3 saturated heterocycles. The van der Waals surface area contributed by atoms with Gasteiger partial charge >= 0.3 is 0 Å². The minimum atomic E-state index is 0.0367. The van der Waals surface area contributed by atoms with E-state index in [-0.39, 0.29) is 17.9 Å². The lowest BCUT2D eigenvalue weighted by Crippen LogP contribution is -2.38. The van der Waals surface area contributed by atoms with Gasteiger partial charge in [-0.1, -0.05) is 0 Å². The second-order valence-corrected chi connectivity index (χ2v) is 7.46. The molecule has 3 aliphatic rings. The van der Waals surface area contributed by atoms with E-state index in [0.29, 0.717) is 12.5 Å². The van der Waals surface area contributed by atoms with Gasteiger partial charge in [-0.25, -0.2) is 0 Å².